The van der Waals surface area contributed by atoms with Gasteiger partial charge in [-0.05, 0) is 37.3 Å². The third-order valence-electron chi connectivity index (χ3n) is 2.40. The van der Waals surface area contributed by atoms with Crippen LogP contribution in [0.1, 0.15) is 17.0 Å². The summed E-state index contributed by atoms with van der Waals surface area (Å²) in [6, 6.07) is 7.10. The summed E-state index contributed by atoms with van der Waals surface area (Å²) in [5.41, 5.74) is 2.56. The summed E-state index contributed by atoms with van der Waals surface area (Å²) in [4.78, 5) is 0. The summed E-state index contributed by atoms with van der Waals surface area (Å²) in [6.45, 7) is 1.94. The lowest BCUT2D eigenvalue weighted by molar-refractivity contribution is 0.407. The van der Waals surface area contributed by atoms with Crippen molar-refractivity contribution in [2.24, 2.45) is 0 Å². The summed E-state index contributed by atoms with van der Waals surface area (Å²) in [7, 11) is 1.57. The van der Waals surface area contributed by atoms with Crippen LogP contribution in [0.3, 0.4) is 0 Å². The second kappa shape index (κ2) is 4.74. The van der Waals surface area contributed by atoms with Crippen molar-refractivity contribution in [1.29, 1.82) is 0 Å². The Hall–Kier alpha value is -2.23. The number of phenolic OH excluding ortho intramolecular Hbond substituents is 1. The molecule has 2 N–H and O–H groups in total. The molecular weight excluding hydrogens is 216 g/mol. The lowest BCUT2D eigenvalue weighted by Crippen LogP contribution is -1.83. The second-order valence-corrected chi connectivity index (χ2v) is 3.73. The quantitative estimate of drug-likeness (QED) is 0.852. The van der Waals surface area contributed by atoms with E-state index in [9.17, 15) is 5.11 Å². The van der Waals surface area contributed by atoms with E-state index in [-0.39, 0.29) is 5.75 Å². The maximum atomic E-state index is 9.75. The molecule has 0 spiro atoms. The molecule has 0 saturated heterocycles. The van der Waals surface area contributed by atoms with Gasteiger partial charge in [0.1, 0.15) is 11.5 Å². The van der Waals surface area contributed by atoms with E-state index >= 15 is 0 Å². The van der Waals surface area contributed by atoms with E-state index < -0.39 is 0 Å². The molecule has 0 amide bonds. The van der Waals surface area contributed by atoms with E-state index in [4.69, 9.17) is 4.74 Å². The van der Waals surface area contributed by atoms with Gasteiger partial charge < -0.3 is 9.84 Å². The molecule has 0 aliphatic heterocycles. The van der Waals surface area contributed by atoms with Crippen molar-refractivity contribution < 1.29 is 9.84 Å². The molecule has 0 atom stereocenters. The van der Waals surface area contributed by atoms with Crippen molar-refractivity contribution >= 4 is 12.2 Å². The average Bonchev–Trinajstić information content (AvgIpc) is 2.73. The van der Waals surface area contributed by atoms with Crippen LogP contribution in [-0.2, 0) is 0 Å². The number of hydrogen-bond acceptors (Lipinski definition) is 3. The van der Waals surface area contributed by atoms with Crippen LogP contribution in [0.4, 0.5) is 0 Å². The summed E-state index contributed by atoms with van der Waals surface area (Å²) in [5.74, 6) is 0.822. The average molecular weight is 230 g/mol. The molecule has 1 aromatic carbocycles. The van der Waals surface area contributed by atoms with Crippen LogP contribution < -0.4 is 4.74 Å². The van der Waals surface area contributed by atoms with Crippen molar-refractivity contribution in [3.8, 4) is 11.5 Å². The molecule has 1 heterocycles. The minimum absolute atomic E-state index is 0.188. The highest BCUT2D eigenvalue weighted by Gasteiger charge is 2.00. The van der Waals surface area contributed by atoms with E-state index in [0.717, 1.165) is 17.0 Å². The number of rotatable bonds is 3. The first-order valence-electron chi connectivity index (χ1n) is 5.26. The molecule has 2 rings (SSSR count). The Balaban J connectivity index is 2.21. The normalized spacial score (nSPS) is 10.9. The highest BCUT2D eigenvalue weighted by molar-refractivity contribution is 5.71. The lowest BCUT2D eigenvalue weighted by Gasteiger charge is -2.02. The predicted molar refractivity (Wildman–Crippen MR) is 66.9 cm³/mol. The van der Waals surface area contributed by atoms with Crippen molar-refractivity contribution in [2.75, 3.05) is 7.11 Å². The molecule has 4 heteroatoms. The number of nitrogens with one attached hydrogen (secondary N) is 1. The Bertz CT molecular complexity index is 544. The Morgan fingerprint density at radius 2 is 2.12 bits per heavy atom. The largest absolute Gasteiger partial charge is 0.507 e. The van der Waals surface area contributed by atoms with Crippen LogP contribution in [0.25, 0.3) is 12.2 Å². The number of aromatic amines is 1. The molecule has 88 valence electrons. The van der Waals surface area contributed by atoms with Gasteiger partial charge in [0.05, 0.1) is 12.8 Å². The fraction of sp³-hybridized carbons (Fsp3) is 0.154. The van der Waals surface area contributed by atoms with Gasteiger partial charge in [-0.15, -0.1) is 0 Å². The van der Waals surface area contributed by atoms with Crippen LogP contribution in [0.15, 0.2) is 24.3 Å². The molecule has 1 aromatic heterocycles. The van der Waals surface area contributed by atoms with Gasteiger partial charge in [-0.25, -0.2) is 0 Å². The van der Waals surface area contributed by atoms with Gasteiger partial charge >= 0.3 is 0 Å². The third-order valence-corrected chi connectivity index (χ3v) is 2.40. The molecule has 0 aliphatic rings. The Kier molecular flexibility index (Phi) is 3.14. The van der Waals surface area contributed by atoms with Crippen LogP contribution in [0, 0.1) is 6.92 Å². The highest BCUT2D eigenvalue weighted by Crippen LogP contribution is 2.24. The molecule has 2 aromatic rings. The van der Waals surface area contributed by atoms with Gasteiger partial charge in [0, 0.05) is 17.3 Å². The molecule has 4 nitrogen and oxygen atoms in total. The van der Waals surface area contributed by atoms with Crippen molar-refractivity contribution in [3.63, 3.8) is 0 Å². The van der Waals surface area contributed by atoms with Gasteiger partial charge in [0.2, 0.25) is 0 Å². The molecule has 0 aliphatic carbocycles. The van der Waals surface area contributed by atoms with Gasteiger partial charge in [-0.3, -0.25) is 5.10 Å². The maximum absolute atomic E-state index is 9.75. The standard InChI is InChI=1S/C13H14N2O2/c1-9-7-11(15-14-9)5-3-10-4-6-12(17-2)8-13(10)16/h3-8,16H,1-2H3,(H,14,15)/b5-3+. The lowest BCUT2D eigenvalue weighted by atomic mass is 10.1. The smallest absolute Gasteiger partial charge is 0.126 e. The van der Waals surface area contributed by atoms with Crippen molar-refractivity contribution in [3.05, 3.63) is 41.2 Å². The minimum Gasteiger partial charge on any atom is -0.507 e. The number of nitrogens with zero attached hydrogens (tertiary/aromatic N) is 1. The van der Waals surface area contributed by atoms with Crippen LogP contribution in [-0.4, -0.2) is 22.4 Å². The summed E-state index contributed by atoms with van der Waals surface area (Å²) in [5, 5.41) is 16.7. The Morgan fingerprint density at radius 1 is 1.29 bits per heavy atom. The number of methoxy groups -OCH3 is 1. The monoisotopic (exact) mass is 230 g/mol. The second-order valence-electron chi connectivity index (χ2n) is 3.73. The van der Waals surface area contributed by atoms with Gasteiger partial charge in [-0.2, -0.15) is 5.10 Å². The first kappa shape index (κ1) is 11.3. The van der Waals surface area contributed by atoms with Gasteiger partial charge in [-0.1, -0.05) is 0 Å². The van der Waals surface area contributed by atoms with Gasteiger partial charge in [0.25, 0.3) is 0 Å². The Labute approximate surface area is 99.6 Å². The van der Waals surface area contributed by atoms with Gasteiger partial charge in [0.15, 0.2) is 0 Å². The molecular formula is C13H14N2O2. The maximum Gasteiger partial charge on any atom is 0.126 e. The first-order valence-corrected chi connectivity index (χ1v) is 5.26. The summed E-state index contributed by atoms with van der Waals surface area (Å²) in [6.07, 6.45) is 3.65. The zero-order valence-corrected chi connectivity index (χ0v) is 9.77. The minimum atomic E-state index is 0.188. The fourth-order valence-electron chi connectivity index (χ4n) is 1.49. The van der Waals surface area contributed by atoms with E-state index in [0.29, 0.717) is 5.75 Å². The van der Waals surface area contributed by atoms with Crippen LogP contribution in [0.2, 0.25) is 0 Å². The highest BCUT2D eigenvalue weighted by atomic mass is 16.5. The zero-order valence-electron chi connectivity index (χ0n) is 9.77. The number of hydrogen-bond donors (Lipinski definition) is 2. The molecule has 0 radical (unpaired) electrons. The number of phenols is 1. The van der Waals surface area contributed by atoms with Crippen LogP contribution in [0.5, 0.6) is 11.5 Å². The Morgan fingerprint density at radius 3 is 2.71 bits per heavy atom. The SMILES string of the molecule is COc1ccc(/C=C/c2cc(C)[nH]n2)c(O)c1. The molecule has 17 heavy (non-hydrogen) atoms. The zero-order chi connectivity index (χ0) is 12.3. The molecule has 0 bridgehead atoms. The topological polar surface area (TPSA) is 58.1 Å². The fourth-order valence-corrected chi connectivity index (χ4v) is 1.49. The van der Waals surface area contributed by atoms with E-state index in [2.05, 4.69) is 10.2 Å². The van der Waals surface area contributed by atoms with Crippen molar-refractivity contribution in [1.82, 2.24) is 10.2 Å². The van der Waals surface area contributed by atoms with Crippen molar-refractivity contribution in [2.45, 2.75) is 6.92 Å². The third kappa shape index (κ3) is 2.66. The summed E-state index contributed by atoms with van der Waals surface area (Å²) < 4.78 is 5.01. The first-order chi connectivity index (χ1) is 8.19. The number of ether oxygens (including phenoxy) is 1. The van der Waals surface area contributed by atoms with E-state index in [1.165, 1.54) is 0 Å². The number of aromatic nitrogens is 2. The number of benzene rings is 1. The summed E-state index contributed by atoms with van der Waals surface area (Å²) >= 11 is 0. The van der Waals surface area contributed by atoms with E-state index in [1.807, 2.05) is 25.1 Å². The number of aromatic hydroxyl groups is 1. The predicted octanol–water partition coefficient (Wildman–Crippen LogP) is 2.60. The van der Waals surface area contributed by atoms with E-state index in [1.54, 1.807) is 25.3 Å². The van der Waals surface area contributed by atoms with Crippen LogP contribution >= 0.6 is 0 Å². The molecule has 0 unspecified atom stereocenters. The molecule has 0 fully saturated rings. The number of H-pyrrole nitrogens is 1. The molecule has 0 saturated carbocycles. The number of aryl methyl sites for hydroxylation is 1.